The van der Waals surface area contributed by atoms with Crippen LogP contribution < -0.4 is 9.47 Å². The van der Waals surface area contributed by atoms with Crippen molar-refractivity contribution in [1.82, 2.24) is 0 Å². The minimum atomic E-state index is -1.03. The van der Waals surface area contributed by atoms with E-state index in [0.717, 1.165) is 5.56 Å². The Morgan fingerprint density at radius 1 is 1.06 bits per heavy atom. The number of halogens is 1. The van der Waals surface area contributed by atoms with E-state index < -0.39 is 17.2 Å². The maximum atomic E-state index is 14.8. The van der Waals surface area contributed by atoms with Gasteiger partial charge in [-0.15, -0.1) is 0 Å². The molecule has 0 amide bonds. The fraction of sp³-hybridized carbons (Fsp3) is 0.231. The van der Waals surface area contributed by atoms with Crippen LogP contribution in [0, 0.1) is 12.7 Å². The third kappa shape index (κ3) is 3.42. The van der Waals surface area contributed by atoms with E-state index in [9.17, 15) is 19.1 Å². The van der Waals surface area contributed by atoms with Crippen molar-refractivity contribution in [1.29, 1.82) is 0 Å². The third-order valence-corrected chi connectivity index (χ3v) is 6.37. The molecule has 1 fully saturated rings. The molecule has 1 N–H and O–H groups in total. The van der Waals surface area contributed by atoms with Crippen LogP contribution in [0.1, 0.15) is 41.3 Å². The molecule has 0 spiro atoms. The molecule has 2 aliphatic rings. The molecule has 0 saturated heterocycles. The summed E-state index contributed by atoms with van der Waals surface area (Å²) >= 11 is 0. The van der Waals surface area contributed by atoms with Gasteiger partial charge >= 0.3 is 5.97 Å². The van der Waals surface area contributed by atoms with E-state index in [2.05, 4.69) is 0 Å². The average Bonchev–Trinajstić information content (AvgIpc) is 3.46. The zero-order valence-corrected chi connectivity index (χ0v) is 17.5. The molecular formula is C26H23FO5. The van der Waals surface area contributed by atoms with Crippen molar-refractivity contribution in [2.45, 2.75) is 31.6 Å². The Kier molecular flexibility index (Phi) is 4.73. The molecule has 5 nitrogen and oxygen atoms in total. The molecule has 5 rings (SSSR count). The van der Waals surface area contributed by atoms with Gasteiger partial charge in [0.25, 0.3) is 0 Å². The van der Waals surface area contributed by atoms with Crippen LogP contribution in [0.25, 0.3) is 11.1 Å². The molecule has 1 aliphatic heterocycles. The van der Waals surface area contributed by atoms with Crippen LogP contribution in [0.3, 0.4) is 0 Å². The van der Waals surface area contributed by atoms with Gasteiger partial charge < -0.3 is 14.6 Å². The number of Topliss-reactive ketones (excluding diaryl/α,β-unsaturated/α-hetero) is 1. The van der Waals surface area contributed by atoms with Gasteiger partial charge in [0, 0.05) is 7.85 Å². The van der Waals surface area contributed by atoms with Crippen LogP contribution >= 0.6 is 0 Å². The van der Waals surface area contributed by atoms with Crippen LogP contribution in [0.15, 0.2) is 54.6 Å². The van der Waals surface area contributed by atoms with Gasteiger partial charge in [-0.1, -0.05) is 18.2 Å². The molecule has 1 aliphatic carbocycles. The summed E-state index contributed by atoms with van der Waals surface area (Å²) in [6.07, 6.45) is 1.39. The number of carbonyl (C=O) groups excluding carboxylic acids is 1. The lowest BCUT2D eigenvalue weighted by Gasteiger charge is -2.17. The van der Waals surface area contributed by atoms with E-state index in [0.29, 0.717) is 46.6 Å². The molecule has 6 heteroatoms. The van der Waals surface area contributed by atoms with E-state index in [1.807, 2.05) is 18.2 Å². The van der Waals surface area contributed by atoms with Gasteiger partial charge in [-0.25, -0.2) is 9.18 Å². The van der Waals surface area contributed by atoms with Gasteiger partial charge in [0.05, 0.1) is 11.0 Å². The monoisotopic (exact) mass is 434 g/mol. The van der Waals surface area contributed by atoms with Crippen LogP contribution in [0.4, 0.5) is 4.39 Å². The number of rotatable bonds is 6. The molecule has 0 atom stereocenters. The number of aryl methyl sites for hydroxylation is 1. The first-order chi connectivity index (χ1) is 15.4. The predicted molar refractivity (Wildman–Crippen MR) is 118 cm³/mol. The number of carboxylic acid groups (broad SMARTS) is 1. The third-order valence-electron chi connectivity index (χ3n) is 6.37. The number of hydrogen-bond donors (Lipinski definition) is 1. The van der Waals surface area contributed by atoms with Crippen molar-refractivity contribution in [3.05, 3.63) is 82.7 Å². The van der Waals surface area contributed by atoms with Gasteiger partial charge in [0.2, 0.25) is 6.79 Å². The Bertz CT molecular complexity index is 1270. The number of fused-ring (bicyclic) bond motifs is 1. The molecule has 0 aromatic heterocycles. The Balaban J connectivity index is 0.00000259. The zero-order valence-electron chi connectivity index (χ0n) is 17.5. The second-order valence-corrected chi connectivity index (χ2v) is 8.39. The Labute approximate surface area is 185 Å². The highest BCUT2D eigenvalue weighted by Crippen LogP contribution is 2.51. The van der Waals surface area contributed by atoms with Gasteiger partial charge in [-0.2, -0.15) is 0 Å². The van der Waals surface area contributed by atoms with Gasteiger partial charge in [-0.05, 0) is 84.0 Å². The number of ether oxygens (including phenoxy) is 2. The number of hydrogen-bond acceptors (Lipinski definition) is 4. The summed E-state index contributed by atoms with van der Waals surface area (Å²) in [7, 11) is 0. The summed E-state index contributed by atoms with van der Waals surface area (Å²) in [5.41, 5.74) is 2.78. The topological polar surface area (TPSA) is 72.8 Å². The number of carbonyl (C=O) groups is 2. The van der Waals surface area contributed by atoms with E-state index in [4.69, 9.17) is 9.47 Å². The maximum Gasteiger partial charge on any atom is 0.335 e. The van der Waals surface area contributed by atoms with Gasteiger partial charge in [-0.3, -0.25) is 4.79 Å². The second-order valence-electron chi connectivity index (χ2n) is 8.39. The van der Waals surface area contributed by atoms with Crippen molar-refractivity contribution in [3.63, 3.8) is 0 Å². The SMILES string of the molecule is Cc1cc(F)c(CC(=O)C2(c3ccc4c(c3)OCO4)CC2)cc1-c1cccc(C(=O)O)c1.[HH]. The van der Waals surface area contributed by atoms with Crippen molar-refractivity contribution in [2.24, 2.45) is 0 Å². The standard InChI is InChI=1S/C26H21FO5.H2/c1-15-9-21(27)18(11-20(15)16-3-2-4-17(10-16)25(29)30)12-24(28)26(7-8-26)19-5-6-22-23(13-19)32-14-31-22;/h2-6,9-11,13H,7-8,12,14H2,1H3,(H,29,30);1H. The van der Waals surface area contributed by atoms with E-state index >= 15 is 0 Å². The summed E-state index contributed by atoms with van der Waals surface area (Å²) in [4.78, 5) is 24.6. The van der Waals surface area contributed by atoms with E-state index in [-0.39, 0.29) is 26.0 Å². The predicted octanol–water partition coefficient (Wildman–Crippen LogP) is 5.32. The molecule has 0 bridgehead atoms. The molecule has 0 radical (unpaired) electrons. The Hall–Kier alpha value is -3.67. The first-order valence-electron chi connectivity index (χ1n) is 10.4. The van der Waals surface area contributed by atoms with Crippen LogP contribution in [0.5, 0.6) is 11.5 Å². The first-order valence-corrected chi connectivity index (χ1v) is 10.4. The lowest BCUT2D eigenvalue weighted by atomic mass is 9.86. The molecule has 1 saturated carbocycles. The normalized spacial score (nSPS) is 15.4. The highest BCUT2D eigenvalue weighted by atomic mass is 19.1. The molecule has 3 aromatic carbocycles. The van der Waals surface area contributed by atoms with Crippen LogP contribution in [0.2, 0.25) is 0 Å². The lowest BCUT2D eigenvalue weighted by Crippen LogP contribution is -2.23. The summed E-state index contributed by atoms with van der Waals surface area (Å²) < 4.78 is 25.6. The average molecular weight is 434 g/mol. The van der Waals surface area contributed by atoms with Gasteiger partial charge in [0.1, 0.15) is 11.6 Å². The summed E-state index contributed by atoms with van der Waals surface area (Å²) in [5, 5.41) is 9.28. The van der Waals surface area contributed by atoms with E-state index in [1.165, 1.54) is 12.1 Å². The molecule has 0 unspecified atom stereocenters. The second kappa shape index (κ2) is 7.48. The van der Waals surface area contributed by atoms with E-state index in [1.54, 1.807) is 31.2 Å². The maximum absolute atomic E-state index is 14.8. The van der Waals surface area contributed by atoms with Crippen molar-refractivity contribution >= 4 is 11.8 Å². The number of benzene rings is 3. The number of aromatic carboxylic acids is 1. The summed E-state index contributed by atoms with van der Waals surface area (Å²) in [5.74, 6) is -0.209. The fourth-order valence-corrected chi connectivity index (χ4v) is 4.37. The molecular weight excluding hydrogens is 411 g/mol. The fourth-order valence-electron chi connectivity index (χ4n) is 4.37. The van der Waals surface area contributed by atoms with Crippen LogP contribution in [-0.4, -0.2) is 23.7 Å². The summed E-state index contributed by atoms with van der Waals surface area (Å²) in [6, 6.07) is 15.1. The quantitative estimate of drug-likeness (QED) is 0.569. The van der Waals surface area contributed by atoms with Crippen molar-refractivity contribution < 1.29 is 30.0 Å². The molecule has 3 aromatic rings. The van der Waals surface area contributed by atoms with Gasteiger partial charge in [0.15, 0.2) is 11.5 Å². The Morgan fingerprint density at radius 3 is 2.59 bits per heavy atom. The molecule has 1 heterocycles. The smallest absolute Gasteiger partial charge is 0.335 e. The highest BCUT2D eigenvalue weighted by molar-refractivity contribution is 5.95. The number of carboxylic acids is 1. The highest BCUT2D eigenvalue weighted by Gasteiger charge is 2.51. The largest absolute Gasteiger partial charge is 0.478 e. The van der Waals surface area contributed by atoms with Crippen LogP contribution in [-0.2, 0) is 16.6 Å². The minimum absolute atomic E-state index is 0. The zero-order chi connectivity index (χ0) is 22.5. The first kappa shape index (κ1) is 20.2. The lowest BCUT2D eigenvalue weighted by molar-refractivity contribution is -0.120. The van der Waals surface area contributed by atoms with Crippen molar-refractivity contribution in [2.75, 3.05) is 6.79 Å². The number of ketones is 1. The van der Waals surface area contributed by atoms with Crippen molar-refractivity contribution in [3.8, 4) is 22.6 Å². The minimum Gasteiger partial charge on any atom is -0.478 e. The molecule has 32 heavy (non-hydrogen) atoms. The summed E-state index contributed by atoms with van der Waals surface area (Å²) in [6.45, 7) is 1.94. The molecule has 164 valence electrons. The Morgan fingerprint density at radius 2 is 1.84 bits per heavy atom.